The molecule has 110 valence electrons. The van der Waals surface area contributed by atoms with Gasteiger partial charge in [0.05, 0.1) is 12.2 Å². The van der Waals surface area contributed by atoms with Crippen molar-refractivity contribution in [1.29, 1.82) is 0 Å². The monoisotopic (exact) mass is 286 g/mol. The number of aryl methyl sites for hydroxylation is 1. The molecular formula is C15H18N4O2. The first kappa shape index (κ1) is 12.8. The normalized spacial score (nSPS) is 25.1. The number of nitrogens with zero attached hydrogens (tertiary/aromatic N) is 4. The van der Waals surface area contributed by atoms with E-state index in [4.69, 9.17) is 9.26 Å². The van der Waals surface area contributed by atoms with Gasteiger partial charge >= 0.3 is 0 Å². The molecule has 0 aliphatic carbocycles. The Kier molecular flexibility index (Phi) is 2.92. The molecule has 4 heterocycles. The van der Waals surface area contributed by atoms with Crippen molar-refractivity contribution in [2.45, 2.75) is 19.8 Å². The molecular weight excluding hydrogens is 268 g/mol. The lowest BCUT2D eigenvalue weighted by atomic mass is 9.87. The first-order valence-electron chi connectivity index (χ1n) is 7.34. The van der Waals surface area contributed by atoms with Gasteiger partial charge in [0.1, 0.15) is 5.82 Å². The van der Waals surface area contributed by atoms with Crippen LogP contribution in [-0.4, -0.2) is 41.4 Å². The minimum atomic E-state index is 0.305. The topological polar surface area (TPSA) is 64.3 Å². The second kappa shape index (κ2) is 4.80. The lowest BCUT2D eigenvalue weighted by Gasteiger charge is -2.23. The average molecular weight is 286 g/mol. The molecule has 0 N–H and O–H groups in total. The molecule has 0 amide bonds. The Labute approximate surface area is 123 Å². The summed E-state index contributed by atoms with van der Waals surface area (Å²) in [5.74, 6) is 2.12. The molecule has 1 spiro atoms. The summed E-state index contributed by atoms with van der Waals surface area (Å²) in [6, 6.07) is 3.90. The molecule has 0 unspecified atom stereocenters. The van der Waals surface area contributed by atoms with Crippen LogP contribution in [0, 0.1) is 12.3 Å². The molecule has 2 aromatic heterocycles. The van der Waals surface area contributed by atoms with Gasteiger partial charge in [-0.1, -0.05) is 5.16 Å². The van der Waals surface area contributed by atoms with Crippen LogP contribution < -0.4 is 4.90 Å². The molecule has 21 heavy (non-hydrogen) atoms. The molecule has 4 rings (SSSR count). The molecule has 2 fully saturated rings. The van der Waals surface area contributed by atoms with Crippen LogP contribution in [0.15, 0.2) is 22.9 Å². The van der Waals surface area contributed by atoms with Crippen LogP contribution in [0.3, 0.4) is 0 Å². The minimum Gasteiger partial charge on any atom is -0.381 e. The molecule has 2 aliphatic rings. The van der Waals surface area contributed by atoms with Gasteiger partial charge in [0.25, 0.3) is 5.89 Å². The van der Waals surface area contributed by atoms with Crippen LogP contribution in [-0.2, 0) is 4.74 Å². The maximum atomic E-state index is 5.60. The predicted molar refractivity (Wildman–Crippen MR) is 77.0 cm³/mol. The molecule has 6 heteroatoms. The van der Waals surface area contributed by atoms with Crippen molar-refractivity contribution >= 4 is 5.82 Å². The molecule has 2 aliphatic heterocycles. The van der Waals surface area contributed by atoms with Crippen molar-refractivity contribution in [3.63, 3.8) is 0 Å². The highest BCUT2D eigenvalue weighted by molar-refractivity contribution is 5.70. The Morgan fingerprint density at radius 1 is 1.33 bits per heavy atom. The zero-order valence-electron chi connectivity index (χ0n) is 12.1. The van der Waals surface area contributed by atoms with Gasteiger partial charge in [-0.05, 0) is 31.9 Å². The highest BCUT2D eigenvalue weighted by Crippen LogP contribution is 2.41. The fraction of sp³-hybridized carbons (Fsp3) is 0.533. The van der Waals surface area contributed by atoms with Gasteiger partial charge in [0, 0.05) is 31.3 Å². The first-order valence-corrected chi connectivity index (χ1v) is 7.34. The smallest absolute Gasteiger partial charge is 0.261 e. The highest BCUT2D eigenvalue weighted by atomic mass is 16.5. The summed E-state index contributed by atoms with van der Waals surface area (Å²) in [5, 5.41) is 3.88. The minimum absolute atomic E-state index is 0.305. The van der Waals surface area contributed by atoms with E-state index in [0.29, 0.717) is 17.1 Å². The third-order valence-electron chi connectivity index (χ3n) is 4.47. The second-order valence-electron chi connectivity index (χ2n) is 6.00. The summed E-state index contributed by atoms with van der Waals surface area (Å²) in [6.07, 6.45) is 4.12. The summed E-state index contributed by atoms with van der Waals surface area (Å²) in [7, 11) is 0. The van der Waals surface area contributed by atoms with Gasteiger partial charge in [-0.15, -0.1) is 0 Å². The zero-order valence-corrected chi connectivity index (χ0v) is 12.1. The molecule has 1 atom stereocenters. The van der Waals surface area contributed by atoms with E-state index >= 15 is 0 Å². The molecule has 2 saturated heterocycles. The quantitative estimate of drug-likeness (QED) is 0.842. The van der Waals surface area contributed by atoms with Crippen LogP contribution in [0.4, 0.5) is 5.82 Å². The summed E-state index contributed by atoms with van der Waals surface area (Å²) < 4.78 is 10.9. The summed E-state index contributed by atoms with van der Waals surface area (Å²) in [5.41, 5.74) is 1.22. The number of hydrogen-bond acceptors (Lipinski definition) is 6. The van der Waals surface area contributed by atoms with Gasteiger partial charge in [-0.2, -0.15) is 4.98 Å². The van der Waals surface area contributed by atoms with E-state index in [1.54, 1.807) is 0 Å². The van der Waals surface area contributed by atoms with Gasteiger partial charge < -0.3 is 14.2 Å². The van der Waals surface area contributed by atoms with Gasteiger partial charge in [-0.25, -0.2) is 4.98 Å². The fourth-order valence-corrected chi connectivity index (χ4v) is 3.31. The Balaban J connectivity index is 1.67. The standard InChI is InChI=1S/C15H18N4O2/c1-11-17-14(21-18-11)12-3-2-6-16-13(12)19-7-4-15(9-19)5-8-20-10-15/h2-3,6H,4-5,7-10H2,1H3/t15-/m1/s1. The molecule has 0 bridgehead atoms. The summed E-state index contributed by atoms with van der Waals surface area (Å²) >= 11 is 0. The molecule has 2 aromatic rings. The predicted octanol–water partition coefficient (Wildman–Crippen LogP) is 2.06. The van der Waals surface area contributed by atoms with Crippen molar-refractivity contribution in [1.82, 2.24) is 15.1 Å². The van der Waals surface area contributed by atoms with Crippen molar-refractivity contribution < 1.29 is 9.26 Å². The Morgan fingerprint density at radius 2 is 2.29 bits per heavy atom. The van der Waals surface area contributed by atoms with Crippen molar-refractivity contribution in [2.75, 3.05) is 31.2 Å². The van der Waals surface area contributed by atoms with Crippen LogP contribution in [0.5, 0.6) is 0 Å². The average Bonchev–Trinajstić information content (AvgIpc) is 3.22. The van der Waals surface area contributed by atoms with Crippen LogP contribution in [0.1, 0.15) is 18.7 Å². The SMILES string of the molecule is Cc1noc(-c2cccnc2N2CC[C@@]3(CCOC3)C2)n1. The summed E-state index contributed by atoms with van der Waals surface area (Å²) in [6.45, 7) is 5.56. The van der Waals surface area contributed by atoms with Crippen molar-refractivity contribution in [2.24, 2.45) is 5.41 Å². The van der Waals surface area contributed by atoms with E-state index in [-0.39, 0.29) is 0 Å². The third kappa shape index (κ3) is 2.19. The number of aromatic nitrogens is 3. The van der Waals surface area contributed by atoms with E-state index < -0.39 is 0 Å². The highest BCUT2D eigenvalue weighted by Gasteiger charge is 2.42. The molecule has 0 aromatic carbocycles. The largest absolute Gasteiger partial charge is 0.381 e. The number of ether oxygens (including phenoxy) is 1. The Bertz CT molecular complexity index is 649. The van der Waals surface area contributed by atoms with Crippen molar-refractivity contribution in [3.8, 4) is 11.5 Å². The van der Waals surface area contributed by atoms with Gasteiger partial charge in [-0.3, -0.25) is 0 Å². The zero-order chi connectivity index (χ0) is 14.3. The Morgan fingerprint density at radius 3 is 3.05 bits per heavy atom. The van der Waals surface area contributed by atoms with Crippen LogP contribution >= 0.6 is 0 Å². The number of anilines is 1. The fourth-order valence-electron chi connectivity index (χ4n) is 3.31. The van der Waals surface area contributed by atoms with E-state index in [9.17, 15) is 0 Å². The lowest BCUT2D eigenvalue weighted by Crippen LogP contribution is -2.28. The van der Waals surface area contributed by atoms with Gasteiger partial charge in [0.15, 0.2) is 5.82 Å². The molecule has 6 nitrogen and oxygen atoms in total. The molecule has 0 saturated carbocycles. The van der Waals surface area contributed by atoms with E-state index in [1.165, 1.54) is 0 Å². The first-order chi connectivity index (χ1) is 10.3. The van der Waals surface area contributed by atoms with Crippen LogP contribution in [0.25, 0.3) is 11.5 Å². The van der Waals surface area contributed by atoms with E-state index in [1.807, 2.05) is 25.3 Å². The lowest BCUT2D eigenvalue weighted by molar-refractivity contribution is 0.160. The maximum Gasteiger partial charge on any atom is 0.261 e. The number of hydrogen-bond donors (Lipinski definition) is 0. The Hall–Kier alpha value is -1.95. The van der Waals surface area contributed by atoms with E-state index in [2.05, 4.69) is 20.0 Å². The van der Waals surface area contributed by atoms with E-state index in [0.717, 1.165) is 50.5 Å². The van der Waals surface area contributed by atoms with Crippen LogP contribution in [0.2, 0.25) is 0 Å². The molecule has 0 radical (unpaired) electrons. The number of pyridine rings is 1. The van der Waals surface area contributed by atoms with Crippen molar-refractivity contribution in [3.05, 3.63) is 24.2 Å². The van der Waals surface area contributed by atoms with Gasteiger partial charge in [0.2, 0.25) is 0 Å². The second-order valence-corrected chi connectivity index (χ2v) is 6.00. The number of rotatable bonds is 2. The maximum absolute atomic E-state index is 5.60. The summed E-state index contributed by atoms with van der Waals surface area (Å²) in [4.78, 5) is 11.2. The third-order valence-corrected chi connectivity index (χ3v) is 4.47.